The Morgan fingerprint density at radius 1 is 1.03 bits per heavy atom. The molecular formula is C23H23ClFN3O4. The molecule has 1 unspecified atom stereocenters. The number of carbonyl (C=O) groups excluding carboxylic acids is 3. The van der Waals surface area contributed by atoms with Crippen molar-refractivity contribution in [3.8, 4) is 5.75 Å². The molecule has 0 aliphatic carbocycles. The molecule has 2 heterocycles. The highest BCUT2D eigenvalue weighted by atomic mass is 35.5. The molecule has 3 amide bonds. The van der Waals surface area contributed by atoms with Crippen molar-refractivity contribution in [2.24, 2.45) is 5.92 Å². The minimum absolute atomic E-state index is 0.0663. The number of methoxy groups -OCH3 is 1. The maximum atomic E-state index is 13.3. The number of hydrogen-bond acceptors (Lipinski definition) is 4. The standard InChI is InChI=1S/C23H23ClFN3O4/c1-32-18-5-3-17(4-6-18)28-14-15(12-21(28)29)22(30)26-8-10-27(11-9-26)23(31)19-7-2-16(25)13-20(19)24/h2-7,13,15H,8-12,14H2,1H3. The van der Waals surface area contributed by atoms with Crippen molar-refractivity contribution >= 4 is 35.0 Å². The molecule has 9 heteroatoms. The summed E-state index contributed by atoms with van der Waals surface area (Å²) >= 11 is 6.01. The minimum Gasteiger partial charge on any atom is -0.497 e. The highest BCUT2D eigenvalue weighted by molar-refractivity contribution is 6.33. The van der Waals surface area contributed by atoms with Gasteiger partial charge in [0.25, 0.3) is 5.91 Å². The Balaban J connectivity index is 1.35. The molecule has 168 valence electrons. The number of ether oxygens (including phenoxy) is 1. The second-order valence-corrected chi connectivity index (χ2v) is 8.25. The quantitative estimate of drug-likeness (QED) is 0.705. The maximum Gasteiger partial charge on any atom is 0.255 e. The van der Waals surface area contributed by atoms with Gasteiger partial charge in [-0.15, -0.1) is 0 Å². The van der Waals surface area contributed by atoms with Gasteiger partial charge in [-0.2, -0.15) is 0 Å². The Kier molecular flexibility index (Phi) is 6.32. The molecule has 0 radical (unpaired) electrons. The first-order valence-corrected chi connectivity index (χ1v) is 10.7. The van der Waals surface area contributed by atoms with Crippen molar-refractivity contribution in [2.75, 3.05) is 44.7 Å². The van der Waals surface area contributed by atoms with Crippen molar-refractivity contribution in [1.29, 1.82) is 0 Å². The summed E-state index contributed by atoms with van der Waals surface area (Å²) in [4.78, 5) is 43.2. The van der Waals surface area contributed by atoms with Gasteiger partial charge in [0.1, 0.15) is 11.6 Å². The second-order valence-electron chi connectivity index (χ2n) is 7.85. The molecule has 32 heavy (non-hydrogen) atoms. The van der Waals surface area contributed by atoms with E-state index < -0.39 is 11.7 Å². The summed E-state index contributed by atoms with van der Waals surface area (Å²) in [6, 6.07) is 10.8. The van der Waals surface area contributed by atoms with Crippen LogP contribution in [0.25, 0.3) is 0 Å². The van der Waals surface area contributed by atoms with Crippen LogP contribution in [0, 0.1) is 11.7 Å². The highest BCUT2D eigenvalue weighted by Crippen LogP contribution is 2.28. The van der Waals surface area contributed by atoms with Crippen LogP contribution in [0.5, 0.6) is 5.75 Å². The zero-order valence-electron chi connectivity index (χ0n) is 17.6. The number of hydrogen-bond donors (Lipinski definition) is 0. The Bertz CT molecular complexity index is 1040. The number of halogens is 2. The highest BCUT2D eigenvalue weighted by Gasteiger charge is 2.38. The van der Waals surface area contributed by atoms with Gasteiger partial charge in [-0.3, -0.25) is 14.4 Å². The van der Waals surface area contributed by atoms with E-state index in [2.05, 4.69) is 0 Å². The predicted molar refractivity (Wildman–Crippen MR) is 117 cm³/mol. The molecule has 4 rings (SSSR count). The molecule has 2 aromatic rings. The molecular weight excluding hydrogens is 437 g/mol. The number of carbonyl (C=O) groups is 3. The van der Waals surface area contributed by atoms with Crippen molar-refractivity contribution in [3.05, 3.63) is 58.9 Å². The molecule has 2 fully saturated rings. The lowest BCUT2D eigenvalue weighted by Crippen LogP contribution is -2.52. The molecule has 2 aliphatic rings. The average Bonchev–Trinajstić information content (AvgIpc) is 3.20. The summed E-state index contributed by atoms with van der Waals surface area (Å²) in [5.41, 5.74) is 0.974. The van der Waals surface area contributed by atoms with Crippen LogP contribution < -0.4 is 9.64 Å². The van der Waals surface area contributed by atoms with E-state index >= 15 is 0 Å². The van der Waals surface area contributed by atoms with Crippen LogP contribution >= 0.6 is 11.6 Å². The molecule has 0 spiro atoms. The molecule has 0 aromatic heterocycles. The van der Waals surface area contributed by atoms with Crippen molar-refractivity contribution in [1.82, 2.24) is 9.80 Å². The van der Waals surface area contributed by atoms with Crippen LogP contribution in [0.4, 0.5) is 10.1 Å². The third-order valence-corrected chi connectivity index (χ3v) is 6.21. The lowest BCUT2D eigenvalue weighted by atomic mass is 10.1. The summed E-state index contributed by atoms with van der Waals surface area (Å²) in [7, 11) is 1.58. The molecule has 1 atom stereocenters. The van der Waals surface area contributed by atoms with E-state index in [1.807, 2.05) is 0 Å². The van der Waals surface area contributed by atoms with Gasteiger partial charge in [0.05, 0.1) is 23.6 Å². The van der Waals surface area contributed by atoms with E-state index in [9.17, 15) is 18.8 Å². The Morgan fingerprint density at radius 3 is 2.31 bits per heavy atom. The minimum atomic E-state index is -0.503. The van der Waals surface area contributed by atoms with Gasteiger partial charge >= 0.3 is 0 Å². The number of anilines is 1. The lowest BCUT2D eigenvalue weighted by molar-refractivity contribution is -0.137. The van der Waals surface area contributed by atoms with Gasteiger partial charge in [0.2, 0.25) is 11.8 Å². The average molecular weight is 460 g/mol. The fraction of sp³-hybridized carbons (Fsp3) is 0.348. The van der Waals surface area contributed by atoms with Gasteiger partial charge in [-0.25, -0.2) is 4.39 Å². The van der Waals surface area contributed by atoms with Crippen LogP contribution in [0.1, 0.15) is 16.8 Å². The first-order chi connectivity index (χ1) is 15.4. The summed E-state index contributed by atoms with van der Waals surface area (Å²) in [6.45, 7) is 1.77. The van der Waals surface area contributed by atoms with Gasteiger partial charge < -0.3 is 19.4 Å². The molecule has 2 aromatic carbocycles. The van der Waals surface area contributed by atoms with Crippen molar-refractivity contribution in [2.45, 2.75) is 6.42 Å². The lowest BCUT2D eigenvalue weighted by Gasteiger charge is -2.36. The van der Waals surface area contributed by atoms with E-state index in [-0.39, 0.29) is 34.7 Å². The first kappa shape index (κ1) is 22.1. The van der Waals surface area contributed by atoms with Crippen LogP contribution in [0.15, 0.2) is 42.5 Å². The van der Waals surface area contributed by atoms with Gasteiger partial charge in [0.15, 0.2) is 0 Å². The van der Waals surface area contributed by atoms with E-state index in [0.29, 0.717) is 38.5 Å². The van der Waals surface area contributed by atoms with Gasteiger partial charge in [0, 0.05) is 44.8 Å². The zero-order chi connectivity index (χ0) is 22.8. The Labute approximate surface area is 190 Å². The number of nitrogens with zero attached hydrogens (tertiary/aromatic N) is 3. The summed E-state index contributed by atoms with van der Waals surface area (Å²) in [6.07, 6.45) is 0.162. The molecule has 0 saturated carbocycles. The molecule has 0 N–H and O–H groups in total. The molecule has 0 bridgehead atoms. The van der Waals surface area contributed by atoms with Crippen LogP contribution in [0.3, 0.4) is 0 Å². The van der Waals surface area contributed by atoms with E-state index in [0.717, 1.165) is 11.8 Å². The zero-order valence-corrected chi connectivity index (χ0v) is 18.3. The summed E-state index contributed by atoms with van der Waals surface area (Å²) in [5.74, 6) is -0.684. The number of rotatable bonds is 4. The van der Waals surface area contributed by atoms with Gasteiger partial charge in [-0.1, -0.05) is 11.6 Å². The smallest absolute Gasteiger partial charge is 0.255 e. The van der Waals surface area contributed by atoms with Crippen molar-refractivity contribution in [3.63, 3.8) is 0 Å². The van der Waals surface area contributed by atoms with E-state index in [1.165, 1.54) is 12.1 Å². The van der Waals surface area contributed by atoms with E-state index in [4.69, 9.17) is 16.3 Å². The predicted octanol–water partition coefficient (Wildman–Crippen LogP) is 2.83. The van der Waals surface area contributed by atoms with Crippen LogP contribution in [-0.4, -0.2) is 67.4 Å². The maximum absolute atomic E-state index is 13.3. The molecule has 2 aliphatic heterocycles. The second kappa shape index (κ2) is 9.16. The van der Waals surface area contributed by atoms with Gasteiger partial charge in [-0.05, 0) is 42.5 Å². The fourth-order valence-electron chi connectivity index (χ4n) is 4.11. The number of piperazine rings is 1. The Hall–Kier alpha value is -3.13. The third kappa shape index (κ3) is 4.41. The van der Waals surface area contributed by atoms with E-state index in [1.54, 1.807) is 46.1 Å². The SMILES string of the molecule is COc1ccc(N2CC(C(=O)N3CCN(C(=O)c4ccc(F)cc4Cl)CC3)CC2=O)cc1. The Morgan fingerprint density at radius 2 is 1.69 bits per heavy atom. The topological polar surface area (TPSA) is 70.2 Å². The normalized spacial score (nSPS) is 18.8. The summed E-state index contributed by atoms with van der Waals surface area (Å²) in [5, 5.41) is 0.0663. The first-order valence-electron chi connectivity index (χ1n) is 10.3. The summed E-state index contributed by atoms with van der Waals surface area (Å²) < 4.78 is 18.4. The van der Waals surface area contributed by atoms with Crippen LogP contribution in [0.2, 0.25) is 5.02 Å². The van der Waals surface area contributed by atoms with Crippen LogP contribution in [-0.2, 0) is 9.59 Å². The molecule has 7 nitrogen and oxygen atoms in total. The number of amides is 3. The molecule has 2 saturated heterocycles. The largest absolute Gasteiger partial charge is 0.497 e. The third-order valence-electron chi connectivity index (χ3n) is 5.90. The monoisotopic (exact) mass is 459 g/mol. The van der Waals surface area contributed by atoms with Crippen molar-refractivity contribution < 1.29 is 23.5 Å². The fourth-order valence-corrected chi connectivity index (χ4v) is 4.35. The number of benzene rings is 2.